The van der Waals surface area contributed by atoms with Crippen LogP contribution >= 0.6 is 0 Å². The molecule has 0 radical (unpaired) electrons. The zero-order valence-electron chi connectivity index (χ0n) is 45.9. The highest BCUT2D eigenvalue weighted by molar-refractivity contribution is 5.89. The fourth-order valence-corrected chi connectivity index (χ4v) is 15.2. The molecule has 0 spiro atoms. The maximum Gasteiger partial charge on any atom is 0.336 e. The lowest BCUT2D eigenvalue weighted by Crippen LogP contribution is -2.68. The van der Waals surface area contributed by atoms with Gasteiger partial charge < -0.3 is 59.1 Å². The van der Waals surface area contributed by atoms with Gasteiger partial charge in [-0.05, 0) is 131 Å². The molecule has 420 valence electrons. The van der Waals surface area contributed by atoms with Gasteiger partial charge in [0.2, 0.25) is 0 Å². The SMILES string of the molecule is C.C=CC(C)(O)CC/C=C(\CO)C(=O)OC1C(C)OC(O[C@](C)(C=C)CC/C=C(\CO)C(=O)OC2CC3(C(=O)OC)C(O)CC4(C)C(=CCC5C6(C)CCC(OC)C(C)(C)C6CCC54C)C3CC2(C)C)C(O)C1O. The van der Waals surface area contributed by atoms with E-state index in [0.717, 1.165) is 32.1 Å². The summed E-state index contributed by atoms with van der Waals surface area (Å²) in [5.41, 5.74) is -3.76. The van der Waals surface area contributed by atoms with Crippen molar-refractivity contribution in [2.75, 3.05) is 27.4 Å². The van der Waals surface area contributed by atoms with Crippen molar-refractivity contribution in [3.8, 4) is 0 Å². The standard InChI is InChI=1S/C58H90O15.CH4/c1-15-53(8,67)25-17-19-36(33-60)48(65)72-46-34(3)70-49(45(63)44(46)62)73-54(9,16-2)26-18-20-35(32-59)47(64)71-43-31-58(50(66)69-14)38(29-51(43,4)5)37-21-22-40-55(10)27-24-42(68-13)52(6,7)39(55)23-28-56(40,11)57(37,12)30-41(58)61;/h15-16,19-21,34,38-46,49,59-63,67H,1-2,17-18,22-33H2,3-14H3;1H4/b35-20+,36-19+;/t34?,38?,39?,40?,41?,42?,43?,44?,45?,46?,49?,53?,54-,55?,56?,57?,58?;/m1./s1. The van der Waals surface area contributed by atoms with Crippen molar-refractivity contribution in [3.05, 3.63) is 60.3 Å². The highest BCUT2D eigenvalue weighted by Crippen LogP contribution is 2.76. The number of ether oxygens (including phenoxy) is 6. The van der Waals surface area contributed by atoms with Crippen LogP contribution in [0.25, 0.3) is 0 Å². The van der Waals surface area contributed by atoms with Gasteiger partial charge in [0.05, 0.1) is 61.0 Å². The first-order chi connectivity index (χ1) is 34.0. The molecule has 1 saturated heterocycles. The van der Waals surface area contributed by atoms with Crippen LogP contribution in [-0.2, 0) is 42.8 Å². The van der Waals surface area contributed by atoms with E-state index in [1.54, 1.807) is 19.9 Å². The van der Waals surface area contributed by atoms with E-state index in [4.69, 9.17) is 28.4 Å². The number of rotatable bonds is 18. The summed E-state index contributed by atoms with van der Waals surface area (Å²) >= 11 is 0. The lowest BCUT2D eigenvalue weighted by molar-refractivity contribution is -0.314. The van der Waals surface area contributed by atoms with E-state index in [1.165, 1.54) is 37.8 Å². The van der Waals surface area contributed by atoms with Gasteiger partial charge in [0.15, 0.2) is 12.4 Å². The maximum atomic E-state index is 14.4. The number of esters is 3. The van der Waals surface area contributed by atoms with Gasteiger partial charge in [-0.15, -0.1) is 13.2 Å². The largest absolute Gasteiger partial charge is 0.468 e. The molecule has 15 nitrogen and oxygen atoms in total. The molecule has 6 aliphatic rings. The van der Waals surface area contributed by atoms with Crippen LogP contribution in [0.4, 0.5) is 0 Å². The summed E-state index contributed by atoms with van der Waals surface area (Å²) in [5, 5.41) is 65.5. The lowest BCUT2D eigenvalue weighted by atomic mass is 9.33. The summed E-state index contributed by atoms with van der Waals surface area (Å²) in [6.07, 6.45) is 6.28. The number of fused-ring (bicyclic) bond motifs is 7. The molecule has 15 heteroatoms. The van der Waals surface area contributed by atoms with Gasteiger partial charge in [-0.2, -0.15) is 0 Å². The molecule has 6 rings (SSSR count). The Kier molecular flexibility index (Phi) is 18.8. The minimum atomic E-state index is -1.68. The van der Waals surface area contributed by atoms with Crippen molar-refractivity contribution in [1.82, 2.24) is 0 Å². The van der Waals surface area contributed by atoms with Crippen LogP contribution in [0.5, 0.6) is 0 Å². The Hall–Kier alpha value is -3.25. The Morgan fingerprint density at radius 2 is 1.42 bits per heavy atom. The zero-order valence-corrected chi connectivity index (χ0v) is 45.9. The molecule has 6 N–H and O–H groups in total. The molecular weight excluding hydrogens is 949 g/mol. The number of aliphatic hydroxyl groups is 6. The third-order valence-electron chi connectivity index (χ3n) is 20.1. The van der Waals surface area contributed by atoms with E-state index in [2.05, 4.69) is 53.9 Å². The number of methoxy groups -OCH3 is 2. The van der Waals surface area contributed by atoms with Crippen molar-refractivity contribution in [3.63, 3.8) is 0 Å². The molecule has 0 amide bonds. The van der Waals surface area contributed by atoms with E-state index in [-0.39, 0.29) is 78.9 Å². The van der Waals surface area contributed by atoms with Crippen LogP contribution in [0.3, 0.4) is 0 Å². The van der Waals surface area contributed by atoms with Gasteiger partial charge in [-0.3, -0.25) is 4.79 Å². The van der Waals surface area contributed by atoms with Gasteiger partial charge in [0.25, 0.3) is 0 Å². The van der Waals surface area contributed by atoms with E-state index in [0.29, 0.717) is 24.7 Å². The molecule has 4 saturated carbocycles. The van der Waals surface area contributed by atoms with Gasteiger partial charge >= 0.3 is 17.9 Å². The Bertz CT molecular complexity index is 2160. The molecule has 74 heavy (non-hydrogen) atoms. The minimum absolute atomic E-state index is 0. The normalized spacial score (nSPS) is 40.1. The summed E-state index contributed by atoms with van der Waals surface area (Å²) in [7, 11) is 3.19. The van der Waals surface area contributed by atoms with Crippen molar-refractivity contribution in [2.24, 2.45) is 50.2 Å². The van der Waals surface area contributed by atoms with Crippen LogP contribution in [-0.4, -0.2) is 136 Å². The quantitative estimate of drug-likeness (QED) is 0.0333. The molecule has 0 bridgehead atoms. The molecule has 16 unspecified atom stereocenters. The van der Waals surface area contributed by atoms with Gasteiger partial charge in [0.1, 0.15) is 23.7 Å². The van der Waals surface area contributed by atoms with Crippen LogP contribution in [0, 0.1) is 50.2 Å². The van der Waals surface area contributed by atoms with Gasteiger partial charge in [0, 0.05) is 18.9 Å². The monoisotopic (exact) mass is 1040 g/mol. The number of aliphatic hydroxyl groups excluding tert-OH is 5. The average molecular weight is 1040 g/mol. The van der Waals surface area contributed by atoms with E-state index in [1.807, 2.05) is 21.0 Å². The number of carbonyl (C=O) groups is 3. The molecule has 5 aliphatic carbocycles. The Labute approximate surface area is 441 Å². The van der Waals surface area contributed by atoms with Crippen molar-refractivity contribution in [1.29, 1.82) is 0 Å². The molecule has 1 heterocycles. The van der Waals surface area contributed by atoms with Gasteiger partial charge in [-0.25, -0.2) is 9.59 Å². The van der Waals surface area contributed by atoms with Crippen LogP contribution in [0.1, 0.15) is 154 Å². The lowest BCUT2D eigenvalue weighted by Gasteiger charge is -2.72. The molecule has 0 aromatic rings. The third kappa shape index (κ3) is 10.8. The van der Waals surface area contributed by atoms with Crippen molar-refractivity contribution in [2.45, 2.75) is 214 Å². The first-order valence-corrected chi connectivity index (χ1v) is 26.7. The van der Waals surface area contributed by atoms with E-state index < -0.39 is 101 Å². The molecular formula is C59H94O15. The fourth-order valence-electron chi connectivity index (χ4n) is 15.2. The first kappa shape index (κ1) is 61.6. The van der Waals surface area contributed by atoms with Crippen molar-refractivity contribution < 1.29 is 73.4 Å². The summed E-state index contributed by atoms with van der Waals surface area (Å²) < 4.78 is 35.6. The number of carbonyl (C=O) groups excluding carboxylic acids is 3. The topological polar surface area (TPSA) is 228 Å². The second kappa shape index (κ2) is 22.6. The van der Waals surface area contributed by atoms with Crippen molar-refractivity contribution >= 4 is 17.9 Å². The summed E-state index contributed by atoms with van der Waals surface area (Å²) in [6, 6.07) is 0. The number of hydrogen-bond acceptors (Lipinski definition) is 15. The highest BCUT2D eigenvalue weighted by Gasteiger charge is 2.72. The predicted octanol–water partition coefficient (Wildman–Crippen LogP) is 7.78. The molecule has 1 aliphatic heterocycles. The van der Waals surface area contributed by atoms with Gasteiger partial charge in [-0.1, -0.05) is 91.8 Å². The van der Waals surface area contributed by atoms with E-state index in [9.17, 15) is 45.0 Å². The first-order valence-electron chi connectivity index (χ1n) is 26.7. The Morgan fingerprint density at radius 3 is 1.99 bits per heavy atom. The maximum absolute atomic E-state index is 14.4. The summed E-state index contributed by atoms with van der Waals surface area (Å²) in [4.78, 5) is 41.5. The molecule has 0 aromatic carbocycles. The second-order valence-corrected chi connectivity index (χ2v) is 25.1. The molecule has 17 atom stereocenters. The number of hydrogen-bond donors (Lipinski definition) is 6. The Morgan fingerprint density at radius 1 is 0.811 bits per heavy atom. The van der Waals surface area contributed by atoms with Crippen LogP contribution in [0.2, 0.25) is 0 Å². The Balaban J connectivity index is 0.0000101. The molecule has 5 fully saturated rings. The molecule has 0 aromatic heterocycles. The fraction of sp³-hybridized carbons (Fsp3) is 0.780. The zero-order chi connectivity index (χ0) is 54.5. The predicted molar refractivity (Wildman–Crippen MR) is 281 cm³/mol. The minimum Gasteiger partial charge on any atom is -0.468 e. The smallest absolute Gasteiger partial charge is 0.336 e. The highest BCUT2D eigenvalue weighted by atomic mass is 16.7. The average Bonchev–Trinajstić information content (AvgIpc) is 3.32. The third-order valence-corrected chi connectivity index (χ3v) is 20.1. The number of allylic oxidation sites excluding steroid dienone is 4. The van der Waals surface area contributed by atoms with Crippen LogP contribution in [0.15, 0.2) is 60.3 Å². The summed E-state index contributed by atoms with van der Waals surface area (Å²) in [6.45, 7) is 27.1. The summed E-state index contributed by atoms with van der Waals surface area (Å²) in [5.74, 6) is -1.70. The van der Waals surface area contributed by atoms with Crippen LogP contribution < -0.4 is 0 Å². The van der Waals surface area contributed by atoms with E-state index >= 15 is 0 Å². The second-order valence-electron chi connectivity index (χ2n) is 25.1.